The van der Waals surface area contributed by atoms with Gasteiger partial charge in [-0.25, -0.2) is 0 Å². The molecule has 0 aromatic carbocycles. The van der Waals surface area contributed by atoms with Crippen LogP contribution in [-0.2, 0) is 9.47 Å². The molecule has 0 radical (unpaired) electrons. The van der Waals surface area contributed by atoms with E-state index in [4.69, 9.17) is 14.5 Å². The minimum Gasteiger partial charge on any atom is -0.381 e. The number of morpholine rings is 1. The lowest BCUT2D eigenvalue weighted by molar-refractivity contribution is 0.0361. The SMILES string of the molecule is CC(CN1CCOCC1)N=C1NC2(CCOCC2)CS1. The van der Waals surface area contributed by atoms with Gasteiger partial charge in [0, 0.05) is 38.6 Å². The summed E-state index contributed by atoms with van der Waals surface area (Å²) >= 11 is 1.88. The number of rotatable bonds is 3. The molecule has 3 rings (SSSR count). The lowest BCUT2D eigenvalue weighted by Crippen LogP contribution is -2.48. The molecule has 5 nitrogen and oxygen atoms in total. The second-order valence-corrected chi connectivity index (χ2v) is 6.97. The quantitative estimate of drug-likeness (QED) is 0.841. The molecular weight excluding hydrogens is 274 g/mol. The molecule has 0 amide bonds. The second kappa shape index (κ2) is 6.64. The maximum Gasteiger partial charge on any atom is 0.157 e. The Kier molecular flexibility index (Phi) is 4.86. The van der Waals surface area contributed by atoms with Crippen LogP contribution in [0.25, 0.3) is 0 Å². The summed E-state index contributed by atoms with van der Waals surface area (Å²) in [6, 6.07) is 0.345. The third kappa shape index (κ3) is 3.67. The van der Waals surface area contributed by atoms with Crippen LogP contribution in [0.2, 0.25) is 0 Å². The maximum absolute atomic E-state index is 5.47. The van der Waals surface area contributed by atoms with Crippen LogP contribution in [0.15, 0.2) is 4.99 Å². The third-order valence-electron chi connectivity index (χ3n) is 4.27. The summed E-state index contributed by atoms with van der Waals surface area (Å²) in [6.45, 7) is 8.80. The highest BCUT2D eigenvalue weighted by atomic mass is 32.2. The van der Waals surface area contributed by atoms with Crippen molar-refractivity contribution in [1.82, 2.24) is 10.2 Å². The van der Waals surface area contributed by atoms with Crippen molar-refractivity contribution in [3.63, 3.8) is 0 Å². The number of thioether (sulfide) groups is 1. The number of nitrogens with zero attached hydrogens (tertiary/aromatic N) is 2. The average Bonchev–Trinajstić information content (AvgIpc) is 2.83. The van der Waals surface area contributed by atoms with E-state index in [1.54, 1.807) is 0 Å². The van der Waals surface area contributed by atoms with Gasteiger partial charge in [0.25, 0.3) is 0 Å². The largest absolute Gasteiger partial charge is 0.381 e. The first kappa shape index (κ1) is 14.6. The molecule has 3 heterocycles. The summed E-state index contributed by atoms with van der Waals surface area (Å²) in [4.78, 5) is 7.31. The van der Waals surface area contributed by atoms with Gasteiger partial charge < -0.3 is 14.8 Å². The van der Waals surface area contributed by atoms with Crippen molar-refractivity contribution in [3.05, 3.63) is 0 Å². The average molecular weight is 299 g/mol. The molecule has 1 atom stereocenters. The van der Waals surface area contributed by atoms with Crippen molar-refractivity contribution in [2.45, 2.75) is 31.3 Å². The molecule has 0 aromatic rings. The number of hydrogen-bond acceptors (Lipinski definition) is 5. The first-order valence-corrected chi connectivity index (χ1v) is 8.61. The molecule has 1 N–H and O–H groups in total. The van der Waals surface area contributed by atoms with Crippen LogP contribution in [0.5, 0.6) is 0 Å². The van der Waals surface area contributed by atoms with Crippen LogP contribution in [0, 0.1) is 0 Å². The van der Waals surface area contributed by atoms with Gasteiger partial charge in [0.1, 0.15) is 0 Å². The Bertz CT molecular complexity index is 352. The minimum absolute atomic E-state index is 0.250. The van der Waals surface area contributed by atoms with Gasteiger partial charge in [0.05, 0.1) is 24.8 Å². The maximum atomic E-state index is 5.47. The predicted molar refractivity (Wildman–Crippen MR) is 82.5 cm³/mol. The molecule has 1 spiro atoms. The smallest absolute Gasteiger partial charge is 0.157 e. The van der Waals surface area contributed by atoms with E-state index >= 15 is 0 Å². The van der Waals surface area contributed by atoms with Gasteiger partial charge in [-0.2, -0.15) is 0 Å². The fourth-order valence-corrected chi connectivity index (χ4v) is 4.32. The number of hydrogen-bond donors (Lipinski definition) is 1. The van der Waals surface area contributed by atoms with E-state index in [1.807, 2.05) is 11.8 Å². The normalized spacial score (nSPS) is 30.6. The van der Waals surface area contributed by atoms with Gasteiger partial charge in [0.2, 0.25) is 0 Å². The van der Waals surface area contributed by atoms with Gasteiger partial charge in [0.15, 0.2) is 5.17 Å². The van der Waals surface area contributed by atoms with Gasteiger partial charge in [-0.05, 0) is 19.8 Å². The van der Waals surface area contributed by atoms with Gasteiger partial charge >= 0.3 is 0 Å². The van der Waals surface area contributed by atoms with Gasteiger partial charge in [-0.3, -0.25) is 9.89 Å². The Hall–Kier alpha value is -0.300. The molecule has 0 aliphatic carbocycles. The molecular formula is C14H25N3O2S. The Balaban J connectivity index is 1.50. The highest BCUT2D eigenvalue weighted by molar-refractivity contribution is 8.14. The van der Waals surface area contributed by atoms with E-state index in [0.29, 0.717) is 6.04 Å². The van der Waals surface area contributed by atoms with Crippen molar-refractivity contribution in [3.8, 4) is 0 Å². The number of amidine groups is 1. The number of ether oxygens (including phenoxy) is 2. The van der Waals surface area contributed by atoms with Crippen LogP contribution in [0.1, 0.15) is 19.8 Å². The van der Waals surface area contributed by atoms with E-state index in [1.165, 1.54) is 0 Å². The summed E-state index contributed by atoms with van der Waals surface area (Å²) in [6.07, 6.45) is 2.22. The van der Waals surface area contributed by atoms with Crippen LogP contribution in [0.3, 0.4) is 0 Å². The van der Waals surface area contributed by atoms with E-state index in [2.05, 4.69) is 17.1 Å². The Morgan fingerprint density at radius 1 is 1.25 bits per heavy atom. The summed E-state index contributed by atoms with van der Waals surface area (Å²) in [5, 5.41) is 4.80. The molecule has 0 aromatic heterocycles. The lowest BCUT2D eigenvalue weighted by atomic mass is 9.93. The molecule has 114 valence electrons. The Morgan fingerprint density at radius 3 is 2.70 bits per heavy atom. The molecule has 3 aliphatic heterocycles. The van der Waals surface area contributed by atoms with Crippen LogP contribution in [0.4, 0.5) is 0 Å². The molecule has 6 heteroatoms. The zero-order valence-electron chi connectivity index (χ0n) is 12.3. The highest BCUT2D eigenvalue weighted by Crippen LogP contribution is 2.31. The summed E-state index contributed by atoms with van der Waals surface area (Å²) in [7, 11) is 0. The fourth-order valence-electron chi connectivity index (χ4n) is 3.00. The van der Waals surface area contributed by atoms with Crippen molar-refractivity contribution >= 4 is 16.9 Å². The van der Waals surface area contributed by atoms with Gasteiger partial charge in [-0.15, -0.1) is 0 Å². The lowest BCUT2D eigenvalue weighted by Gasteiger charge is -2.32. The van der Waals surface area contributed by atoms with E-state index < -0.39 is 0 Å². The van der Waals surface area contributed by atoms with E-state index in [-0.39, 0.29) is 5.54 Å². The first-order valence-electron chi connectivity index (χ1n) is 7.62. The second-order valence-electron chi connectivity index (χ2n) is 6.00. The summed E-state index contributed by atoms with van der Waals surface area (Å²) < 4.78 is 10.8. The topological polar surface area (TPSA) is 46.1 Å². The third-order valence-corrected chi connectivity index (χ3v) is 5.45. The van der Waals surface area contributed by atoms with E-state index in [0.717, 1.165) is 69.8 Å². The first-order chi connectivity index (χ1) is 9.76. The van der Waals surface area contributed by atoms with E-state index in [9.17, 15) is 0 Å². The van der Waals surface area contributed by atoms with Crippen molar-refractivity contribution in [2.24, 2.45) is 4.99 Å². The number of aliphatic imine (C=N–C) groups is 1. The Morgan fingerprint density at radius 2 is 1.95 bits per heavy atom. The van der Waals surface area contributed by atoms with Gasteiger partial charge in [-0.1, -0.05) is 11.8 Å². The molecule has 1 unspecified atom stereocenters. The summed E-state index contributed by atoms with van der Waals surface area (Å²) in [5.41, 5.74) is 0.250. The fraction of sp³-hybridized carbons (Fsp3) is 0.929. The Labute approximate surface area is 125 Å². The van der Waals surface area contributed by atoms with Crippen LogP contribution in [-0.4, -0.2) is 73.5 Å². The minimum atomic E-state index is 0.250. The van der Waals surface area contributed by atoms with Crippen molar-refractivity contribution in [2.75, 3.05) is 51.8 Å². The molecule has 3 aliphatic rings. The highest BCUT2D eigenvalue weighted by Gasteiger charge is 2.38. The van der Waals surface area contributed by atoms with Crippen LogP contribution >= 0.6 is 11.8 Å². The van der Waals surface area contributed by atoms with Crippen molar-refractivity contribution in [1.29, 1.82) is 0 Å². The predicted octanol–water partition coefficient (Wildman–Crippen LogP) is 0.949. The molecule has 0 bridgehead atoms. The molecule has 3 saturated heterocycles. The monoisotopic (exact) mass is 299 g/mol. The number of nitrogens with one attached hydrogen (secondary N) is 1. The zero-order chi connectivity index (χ0) is 13.8. The molecule has 0 saturated carbocycles. The molecule has 3 fully saturated rings. The van der Waals surface area contributed by atoms with Crippen LogP contribution < -0.4 is 5.32 Å². The summed E-state index contributed by atoms with van der Waals surface area (Å²) in [5.74, 6) is 1.14. The molecule has 20 heavy (non-hydrogen) atoms. The zero-order valence-corrected chi connectivity index (χ0v) is 13.1. The standard InChI is InChI=1S/C14H25N3O2S/c1-12(10-17-4-8-19-9-5-17)15-13-16-14(11-20-13)2-6-18-7-3-14/h12H,2-11H2,1H3,(H,15,16). The van der Waals surface area contributed by atoms with Crippen molar-refractivity contribution < 1.29 is 9.47 Å².